The maximum atomic E-state index is 11.7. The van der Waals surface area contributed by atoms with Crippen molar-refractivity contribution in [2.75, 3.05) is 27.0 Å². The molecule has 0 aliphatic heterocycles. The Morgan fingerprint density at radius 3 is 2.33 bits per heavy atom. The van der Waals surface area contributed by atoms with Gasteiger partial charge in [-0.3, -0.25) is 9.36 Å². The zero-order valence-electron chi connectivity index (χ0n) is 10.5. The fourth-order valence-electron chi connectivity index (χ4n) is 1.32. The number of Topliss-reactive ketones (excluding diaryl/α,β-unsaturated/α-hetero) is 1. The Bertz CT molecular complexity index is 410. The number of ether oxygens (including phenoxy) is 1. The molecule has 0 N–H and O–H groups in total. The maximum absolute atomic E-state index is 11.7. The van der Waals surface area contributed by atoms with E-state index in [9.17, 15) is 9.36 Å². The largest absolute Gasteiger partial charge is 0.369 e. The average molecular weight is 272 g/mol. The van der Waals surface area contributed by atoms with E-state index in [-0.39, 0.29) is 18.6 Å². The quantitative estimate of drug-likeness (QED) is 0.679. The molecule has 5 nitrogen and oxygen atoms in total. The van der Waals surface area contributed by atoms with Crippen LogP contribution in [0.3, 0.4) is 0 Å². The third-order valence-electron chi connectivity index (χ3n) is 2.30. The molecule has 0 fully saturated rings. The summed E-state index contributed by atoms with van der Waals surface area (Å²) in [5.41, 5.74) is 0.979. The van der Waals surface area contributed by atoms with E-state index >= 15 is 0 Å². The van der Waals surface area contributed by atoms with E-state index in [4.69, 9.17) is 4.74 Å². The Kier molecular flexibility index (Phi) is 6.22. The van der Waals surface area contributed by atoms with Gasteiger partial charge in [0, 0.05) is 14.2 Å². The number of carbonyl (C=O) groups is 1. The van der Waals surface area contributed by atoms with Crippen LogP contribution in [0.4, 0.5) is 0 Å². The SMILES string of the molecule is COP(=O)(CC(=O)COCc1ccccc1)OC. The first-order chi connectivity index (χ1) is 8.59. The molecule has 1 aromatic carbocycles. The Morgan fingerprint density at radius 1 is 1.17 bits per heavy atom. The van der Waals surface area contributed by atoms with Gasteiger partial charge in [0.1, 0.15) is 12.8 Å². The molecule has 18 heavy (non-hydrogen) atoms. The van der Waals surface area contributed by atoms with Gasteiger partial charge in [-0.05, 0) is 5.56 Å². The Balaban J connectivity index is 2.32. The molecule has 0 spiro atoms. The normalized spacial score (nSPS) is 11.4. The number of carbonyl (C=O) groups excluding carboxylic acids is 1. The van der Waals surface area contributed by atoms with Crippen molar-refractivity contribution < 1.29 is 23.1 Å². The van der Waals surface area contributed by atoms with Crippen molar-refractivity contribution >= 4 is 13.4 Å². The lowest BCUT2D eigenvalue weighted by Gasteiger charge is -2.12. The molecule has 0 radical (unpaired) electrons. The molecule has 0 unspecified atom stereocenters. The van der Waals surface area contributed by atoms with Gasteiger partial charge in [0.25, 0.3) is 0 Å². The lowest BCUT2D eigenvalue weighted by atomic mass is 10.2. The molecule has 100 valence electrons. The third kappa shape index (κ3) is 5.10. The molecular formula is C12H17O5P. The van der Waals surface area contributed by atoms with Crippen molar-refractivity contribution in [3.05, 3.63) is 35.9 Å². The molecule has 0 aromatic heterocycles. The molecule has 1 rings (SSSR count). The highest BCUT2D eigenvalue weighted by Crippen LogP contribution is 2.45. The third-order valence-corrected chi connectivity index (χ3v) is 4.15. The van der Waals surface area contributed by atoms with Crippen molar-refractivity contribution in [1.82, 2.24) is 0 Å². The number of hydrogen-bond donors (Lipinski definition) is 0. The van der Waals surface area contributed by atoms with Gasteiger partial charge in [0.05, 0.1) is 6.61 Å². The Morgan fingerprint density at radius 2 is 1.78 bits per heavy atom. The highest BCUT2D eigenvalue weighted by Gasteiger charge is 2.25. The van der Waals surface area contributed by atoms with Crippen LogP contribution in [0.2, 0.25) is 0 Å². The molecular weight excluding hydrogens is 255 g/mol. The van der Waals surface area contributed by atoms with Gasteiger partial charge in [0.2, 0.25) is 0 Å². The fraction of sp³-hybridized carbons (Fsp3) is 0.417. The summed E-state index contributed by atoms with van der Waals surface area (Å²) in [6.07, 6.45) is -0.269. The molecule has 0 saturated carbocycles. The van der Waals surface area contributed by atoms with Gasteiger partial charge in [-0.15, -0.1) is 0 Å². The van der Waals surface area contributed by atoms with Gasteiger partial charge in [0.15, 0.2) is 5.78 Å². The number of benzene rings is 1. The standard InChI is InChI=1S/C12H17O5P/c1-15-18(14,16-2)10-12(13)9-17-8-11-6-4-3-5-7-11/h3-7H,8-10H2,1-2H3. The van der Waals surface area contributed by atoms with E-state index in [1.165, 1.54) is 14.2 Å². The second-order valence-electron chi connectivity index (χ2n) is 3.65. The van der Waals surface area contributed by atoms with Gasteiger partial charge >= 0.3 is 7.60 Å². The van der Waals surface area contributed by atoms with Gasteiger partial charge in [-0.1, -0.05) is 30.3 Å². The van der Waals surface area contributed by atoms with Crippen molar-refractivity contribution in [3.8, 4) is 0 Å². The molecule has 0 atom stereocenters. The zero-order chi connectivity index (χ0) is 13.4. The molecule has 1 aromatic rings. The molecule has 6 heteroatoms. The zero-order valence-corrected chi connectivity index (χ0v) is 11.4. The maximum Gasteiger partial charge on any atom is 0.337 e. The van der Waals surface area contributed by atoms with Crippen LogP contribution in [0.15, 0.2) is 30.3 Å². The topological polar surface area (TPSA) is 61.8 Å². The summed E-state index contributed by atoms with van der Waals surface area (Å²) in [6.45, 7) is 0.239. The predicted molar refractivity (Wildman–Crippen MR) is 67.6 cm³/mol. The van der Waals surface area contributed by atoms with E-state index in [0.717, 1.165) is 5.56 Å². The predicted octanol–water partition coefficient (Wildman–Crippen LogP) is 2.26. The van der Waals surface area contributed by atoms with Crippen LogP contribution in [0.25, 0.3) is 0 Å². The lowest BCUT2D eigenvalue weighted by molar-refractivity contribution is -0.121. The Hall–Kier alpha value is -1.00. The van der Waals surface area contributed by atoms with Crippen molar-refractivity contribution in [2.45, 2.75) is 6.61 Å². The van der Waals surface area contributed by atoms with Crippen LogP contribution in [-0.4, -0.2) is 32.8 Å². The fourth-order valence-corrected chi connectivity index (χ4v) is 2.25. The first-order valence-electron chi connectivity index (χ1n) is 5.43. The van der Waals surface area contributed by atoms with E-state index in [1.54, 1.807) is 0 Å². The Labute approximate surface area is 107 Å². The minimum Gasteiger partial charge on any atom is -0.369 e. The minimum atomic E-state index is -3.28. The van der Waals surface area contributed by atoms with Crippen LogP contribution in [0.1, 0.15) is 5.56 Å². The van der Waals surface area contributed by atoms with Crippen LogP contribution in [-0.2, 0) is 29.8 Å². The van der Waals surface area contributed by atoms with E-state index in [2.05, 4.69) is 9.05 Å². The number of rotatable bonds is 8. The summed E-state index contributed by atoms with van der Waals surface area (Å²) in [5.74, 6) is -0.307. The summed E-state index contributed by atoms with van der Waals surface area (Å²) < 4.78 is 26.3. The molecule has 0 saturated heterocycles. The number of ketones is 1. The molecule has 0 heterocycles. The molecule has 0 amide bonds. The smallest absolute Gasteiger partial charge is 0.337 e. The van der Waals surface area contributed by atoms with Gasteiger partial charge in [-0.25, -0.2) is 0 Å². The lowest BCUT2D eigenvalue weighted by Crippen LogP contribution is -2.14. The van der Waals surface area contributed by atoms with Crippen molar-refractivity contribution in [2.24, 2.45) is 0 Å². The molecule has 0 aliphatic carbocycles. The number of hydrogen-bond acceptors (Lipinski definition) is 5. The van der Waals surface area contributed by atoms with Gasteiger partial charge in [-0.2, -0.15) is 0 Å². The summed E-state index contributed by atoms with van der Waals surface area (Å²) in [7, 11) is -0.774. The van der Waals surface area contributed by atoms with Crippen LogP contribution in [0, 0.1) is 0 Å². The second-order valence-corrected chi connectivity index (χ2v) is 5.92. The summed E-state index contributed by atoms with van der Waals surface area (Å²) in [4.78, 5) is 11.5. The highest BCUT2D eigenvalue weighted by atomic mass is 31.2. The summed E-state index contributed by atoms with van der Waals surface area (Å²) in [5, 5.41) is 0. The van der Waals surface area contributed by atoms with Crippen molar-refractivity contribution in [1.29, 1.82) is 0 Å². The highest BCUT2D eigenvalue weighted by molar-refractivity contribution is 7.54. The first kappa shape index (κ1) is 15.1. The van der Waals surface area contributed by atoms with Crippen molar-refractivity contribution in [3.63, 3.8) is 0 Å². The average Bonchev–Trinajstić information content (AvgIpc) is 2.40. The molecule has 0 aliphatic rings. The van der Waals surface area contributed by atoms with Crippen LogP contribution >= 0.6 is 7.60 Å². The van der Waals surface area contributed by atoms with E-state index in [1.807, 2.05) is 30.3 Å². The second kappa shape index (κ2) is 7.44. The molecule has 0 bridgehead atoms. The minimum absolute atomic E-state index is 0.106. The van der Waals surface area contributed by atoms with Gasteiger partial charge < -0.3 is 13.8 Å². The van der Waals surface area contributed by atoms with E-state index in [0.29, 0.717) is 6.61 Å². The monoisotopic (exact) mass is 272 g/mol. The first-order valence-corrected chi connectivity index (χ1v) is 7.16. The van der Waals surface area contributed by atoms with E-state index < -0.39 is 7.60 Å². The summed E-state index contributed by atoms with van der Waals surface area (Å²) in [6, 6.07) is 9.50. The summed E-state index contributed by atoms with van der Waals surface area (Å²) >= 11 is 0. The van der Waals surface area contributed by atoms with Crippen LogP contribution < -0.4 is 0 Å². The van der Waals surface area contributed by atoms with Crippen LogP contribution in [0.5, 0.6) is 0 Å².